The quantitative estimate of drug-likeness (QED) is 0.929. The second-order valence-corrected chi connectivity index (χ2v) is 5.79. The van der Waals surface area contributed by atoms with Crippen LogP contribution in [-0.2, 0) is 0 Å². The molecule has 3 nitrogen and oxygen atoms in total. The van der Waals surface area contributed by atoms with Crippen molar-refractivity contribution in [3.05, 3.63) is 21.8 Å². The van der Waals surface area contributed by atoms with Crippen LogP contribution in [0.5, 0.6) is 0 Å². The second kappa shape index (κ2) is 6.03. The van der Waals surface area contributed by atoms with E-state index in [0.29, 0.717) is 5.92 Å². The first-order valence-electron chi connectivity index (χ1n) is 5.91. The number of pyridine rings is 1. The molecule has 1 atom stereocenters. The van der Waals surface area contributed by atoms with Crippen molar-refractivity contribution in [1.29, 1.82) is 0 Å². The maximum absolute atomic E-state index is 6.24. The van der Waals surface area contributed by atoms with E-state index in [2.05, 4.69) is 31.1 Å². The summed E-state index contributed by atoms with van der Waals surface area (Å²) in [5.41, 5.74) is 0. The third-order valence-electron chi connectivity index (χ3n) is 3.10. The molecule has 0 saturated carbocycles. The third kappa shape index (κ3) is 3.33. The standard InChI is InChI=1S/C12H17BrClN3/c1-15-6-9-3-2-4-17(8-9)12-11(14)5-10(13)7-16-12/h5,7,9,15H,2-4,6,8H2,1H3. The average molecular weight is 319 g/mol. The molecular formula is C12H17BrClN3. The minimum Gasteiger partial charge on any atom is -0.355 e. The van der Waals surface area contributed by atoms with E-state index in [-0.39, 0.29) is 0 Å². The SMILES string of the molecule is CNCC1CCCN(c2ncc(Br)cc2Cl)C1. The fraction of sp³-hybridized carbons (Fsp3) is 0.583. The molecule has 0 bridgehead atoms. The Hall–Kier alpha value is -0.320. The topological polar surface area (TPSA) is 28.2 Å². The van der Waals surface area contributed by atoms with Crippen molar-refractivity contribution < 1.29 is 0 Å². The van der Waals surface area contributed by atoms with Crippen LogP contribution in [-0.4, -0.2) is 31.7 Å². The lowest BCUT2D eigenvalue weighted by Gasteiger charge is -2.34. The molecular weight excluding hydrogens is 302 g/mol. The summed E-state index contributed by atoms with van der Waals surface area (Å²) in [6.45, 7) is 3.15. The molecule has 1 aliphatic rings. The van der Waals surface area contributed by atoms with Crippen LogP contribution in [0.4, 0.5) is 5.82 Å². The van der Waals surface area contributed by atoms with Gasteiger partial charge in [0.2, 0.25) is 0 Å². The van der Waals surface area contributed by atoms with Gasteiger partial charge in [-0.15, -0.1) is 0 Å². The Bertz CT molecular complexity index is 384. The number of rotatable bonds is 3. The Kier molecular flexibility index (Phi) is 4.65. The molecule has 5 heteroatoms. The normalized spacial score (nSPS) is 20.6. The zero-order valence-electron chi connectivity index (χ0n) is 9.92. The summed E-state index contributed by atoms with van der Waals surface area (Å²) in [6.07, 6.45) is 4.30. The van der Waals surface area contributed by atoms with Crippen LogP contribution in [0.25, 0.3) is 0 Å². The number of hydrogen-bond acceptors (Lipinski definition) is 3. The van der Waals surface area contributed by atoms with E-state index in [0.717, 1.165) is 34.9 Å². The van der Waals surface area contributed by atoms with E-state index in [9.17, 15) is 0 Å². The van der Waals surface area contributed by atoms with E-state index in [4.69, 9.17) is 11.6 Å². The Morgan fingerprint density at radius 3 is 3.18 bits per heavy atom. The zero-order chi connectivity index (χ0) is 12.3. The number of halogens is 2. The van der Waals surface area contributed by atoms with E-state index >= 15 is 0 Å². The van der Waals surface area contributed by atoms with Gasteiger partial charge >= 0.3 is 0 Å². The van der Waals surface area contributed by atoms with Gasteiger partial charge in [0.15, 0.2) is 0 Å². The number of hydrogen-bond donors (Lipinski definition) is 1. The van der Waals surface area contributed by atoms with Crippen molar-refractivity contribution in [3.8, 4) is 0 Å². The van der Waals surface area contributed by atoms with Crippen molar-refractivity contribution in [2.75, 3.05) is 31.6 Å². The molecule has 0 aliphatic carbocycles. The highest BCUT2D eigenvalue weighted by atomic mass is 79.9. The molecule has 1 unspecified atom stereocenters. The lowest BCUT2D eigenvalue weighted by Crippen LogP contribution is -2.39. The van der Waals surface area contributed by atoms with Crippen LogP contribution in [0, 0.1) is 5.92 Å². The van der Waals surface area contributed by atoms with Gasteiger partial charge in [-0.2, -0.15) is 0 Å². The monoisotopic (exact) mass is 317 g/mol. The molecule has 0 aromatic carbocycles. The molecule has 1 aliphatic heterocycles. The van der Waals surface area contributed by atoms with Crippen LogP contribution in [0.3, 0.4) is 0 Å². The first-order chi connectivity index (χ1) is 8.20. The van der Waals surface area contributed by atoms with E-state index in [1.807, 2.05) is 19.3 Å². The van der Waals surface area contributed by atoms with Crippen molar-refractivity contribution in [2.45, 2.75) is 12.8 Å². The molecule has 0 amide bonds. The predicted octanol–water partition coefficient (Wildman–Crippen LogP) is 2.93. The van der Waals surface area contributed by atoms with Gasteiger partial charge in [-0.05, 0) is 54.3 Å². The molecule has 1 aromatic heterocycles. The molecule has 1 fully saturated rings. The Morgan fingerprint density at radius 1 is 1.65 bits per heavy atom. The summed E-state index contributed by atoms with van der Waals surface area (Å²) in [5, 5.41) is 3.97. The minimum absolute atomic E-state index is 0.690. The maximum atomic E-state index is 6.24. The fourth-order valence-corrected chi connectivity index (χ4v) is 3.10. The van der Waals surface area contributed by atoms with E-state index in [1.54, 1.807) is 0 Å². The summed E-state index contributed by atoms with van der Waals surface area (Å²) in [7, 11) is 2.00. The van der Waals surface area contributed by atoms with Gasteiger partial charge < -0.3 is 10.2 Å². The summed E-state index contributed by atoms with van der Waals surface area (Å²) in [4.78, 5) is 6.71. The predicted molar refractivity (Wildman–Crippen MR) is 75.8 cm³/mol. The third-order valence-corrected chi connectivity index (χ3v) is 3.81. The lowest BCUT2D eigenvalue weighted by atomic mass is 9.98. The molecule has 17 heavy (non-hydrogen) atoms. The minimum atomic E-state index is 0.690. The highest BCUT2D eigenvalue weighted by Crippen LogP contribution is 2.29. The molecule has 0 radical (unpaired) electrons. The Morgan fingerprint density at radius 2 is 2.47 bits per heavy atom. The van der Waals surface area contributed by atoms with Crippen LogP contribution in [0.2, 0.25) is 5.02 Å². The van der Waals surface area contributed by atoms with Crippen LogP contribution >= 0.6 is 27.5 Å². The highest BCUT2D eigenvalue weighted by molar-refractivity contribution is 9.10. The summed E-state index contributed by atoms with van der Waals surface area (Å²) in [5.74, 6) is 1.60. The van der Waals surface area contributed by atoms with Gasteiger partial charge in [0.25, 0.3) is 0 Å². The van der Waals surface area contributed by atoms with Gasteiger partial charge in [-0.25, -0.2) is 4.98 Å². The summed E-state index contributed by atoms with van der Waals surface area (Å²) in [6, 6.07) is 1.91. The molecule has 2 heterocycles. The van der Waals surface area contributed by atoms with Gasteiger partial charge in [0, 0.05) is 23.8 Å². The molecule has 1 saturated heterocycles. The van der Waals surface area contributed by atoms with Gasteiger partial charge in [0.1, 0.15) is 5.82 Å². The summed E-state index contributed by atoms with van der Waals surface area (Å²) >= 11 is 9.62. The first kappa shape index (κ1) is 13.1. The van der Waals surface area contributed by atoms with Crippen LogP contribution in [0.15, 0.2) is 16.7 Å². The number of nitrogens with zero attached hydrogens (tertiary/aromatic N) is 2. The number of nitrogens with one attached hydrogen (secondary N) is 1. The lowest BCUT2D eigenvalue weighted by molar-refractivity contribution is 0.401. The first-order valence-corrected chi connectivity index (χ1v) is 7.08. The number of anilines is 1. The largest absolute Gasteiger partial charge is 0.355 e. The molecule has 2 rings (SSSR count). The summed E-state index contributed by atoms with van der Waals surface area (Å²) < 4.78 is 0.926. The molecule has 1 aromatic rings. The van der Waals surface area contributed by atoms with E-state index in [1.165, 1.54) is 12.8 Å². The smallest absolute Gasteiger partial charge is 0.147 e. The van der Waals surface area contributed by atoms with Crippen LogP contribution in [0.1, 0.15) is 12.8 Å². The fourth-order valence-electron chi connectivity index (χ4n) is 2.35. The second-order valence-electron chi connectivity index (χ2n) is 4.47. The van der Waals surface area contributed by atoms with Gasteiger partial charge in [-0.1, -0.05) is 11.6 Å². The molecule has 1 N–H and O–H groups in total. The Balaban J connectivity index is 2.10. The molecule has 94 valence electrons. The highest BCUT2D eigenvalue weighted by Gasteiger charge is 2.21. The van der Waals surface area contributed by atoms with Gasteiger partial charge in [-0.3, -0.25) is 0 Å². The number of aromatic nitrogens is 1. The van der Waals surface area contributed by atoms with Crippen LogP contribution < -0.4 is 10.2 Å². The van der Waals surface area contributed by atoms with Gasteiger partial charge in [0.05, 0.1) is 5.02 Å². The van der Waals surface area contributed by atoms with E-state index < -0.39 is 0 Å². The van der Waals surface area contributed by atoms with Crippen molar-refractivity contribution in [1.82, 2.24) is 10.3 Å². The Labute approximate surface area is 116 Å². The number of piperidine rings is 1. The van der Waals surface area contributed by atoms with Crippen molar-refractivity contribution >= 4 is 33.3 Å². The average Bonchev–Trinajstić information content (AvgIpc) is 2.29. The zero-order valence-corrected chi connectivity index (χ0v) is 12.3. The van der Waals surface area contributed by atoms with Crippen molar-refractivity contribution in [3.63, 3.8) is 0 Å². The maximum Gasteiger partial charge on any atom is 0.147 e. The van der Waals surface area contributed by atoms with Crippen molar-refractivity contribution in [2.24, 2.45) is 5.92 Å². The molecule has 0 spiro atoms.